The minimum absolute atomic E-state index is 0.596. The monoisotopic (exact) mass is 457 g/mol. The highest BCUT2D eigenvalue weighted by molar-refractivity contribution is 14.1. The molecule has 3 aromatic carbocycles. The molecule has 0 aliphatic heterocycles. The molecule has 0 unspecified atom stereocenters. The molecule has 0 saturated carbocycles. The van der Waals surface area contributed by atoms with Crippen LogP contribution in [0.2, 0.25) is 5.02 Å². The summed E-state index contributed by atoms with van der Waals surface area (Å²) in [6.07, 6.45) is 0. The number of halogens is 2. The van der Waals surface area contributed by atoms with Gasteiger partial charge in [0.2, 0.25) is 5.89 Å². The van der Waals surface area contributed by atoms with Crippen LogP contribution in [0.5, 0.6) is 0 Å². The average Bonchev–Trinajstić information content (AvgIpc) is 3.08. The second-order valence-corrected chi connectivity index (χ2v) is 7.15. The Labute approximate surface area is 164 Å². The van der Waals surface area contributed by atoms with Crippen LogP contribution in [0.1, 0.15) is 0 Å². The Kier molecular flexibility index (Phi) is 4.59. The summed E-state index contributed by atoms with van der Waals surface area (Å²) in [5, 5.41) is 0.700. The highest BCUT2D eigenvalue weighted by Gasteiger charge is 2.19. The first kappa shape index (κ1) is 16.4. The first-order chi connectivity index (χ1) is 12.2. The summed E-state index contributed by atoms with van der Waals surface area (Å²) in [5.41, 5.74) is 3.81. The second kappa shape index (κ2) is 7.02. The zero-order valence-electron chi connectivity index (χ0n) is 13.1. The summed E-state index contributed by atoms with van der Waals surface area (Å²) in [6.45, 7) is 0. The fourth-order valence-corrected chi connectivity index (χ4v) is 3.78. The van der Waals surface area contributed by atoms with Crippen molar-refractivity contribution in [1.29, 1.82) is 0 Å². The van der Waals surface area contributed by atoms with Gasteiger partial charge < -0.3 is 4.42 Å². The molecule has 0 radical (unpaired) electrons. The number of hydrogen-bond acceptors (Lipinski definition) is 2. The lowest BCUT2D eigenvalue weighted by molar-refractivity contribution is 0.588. The Bertz CT molecular complexity index is 956. The fourth-order valence-electron chi connectivity index (χ4n) is 2.68. The Balaban J connectivity index is 1.92. The maximum Gasteiger partial charge on any atom is 0.228 e. The molecule has 2 nitrogen and oxygen atoms in total. The molecular weight excluding hydrogens is 445 g/mol. The fraction of sp³-hybridized carbons (Fsp3) is 0. The Morgan fingerprint density at radius 3 is 2.08 bits per heavy atom. The molecule has 0 bridgehead atoms. The highest BCUT2D eigenvalue weighted by atomic mass is 127. The van der Waals surface area contributed by atoms with Gasteiger partial charge in [-0.25, -0.2) is 4.98 Å². The maximum atomic E-state index is 6.20. The van der Waals surface area contributed by atoms with E-state index in [1.165, 1.54) is 0 Å². The molecule has 0 N–H and O–H groups in total. The summed E-state index contributed by atoms with van der Waals surface area (Å²) in [5.74, 6) is 1.37. The van der Waals surface area contributed by atoms with Gasteiger partial charge in [-0.15, -0.1) is 0 Å². The van der Waals surface area contributed by atoms with Crippen LogP contribution in [0.25, 0.3) is 34.0 Å². The van der Waals surface area contributed by atoms with Gasteiger partial charge >= 0.3 is 0 Å². The Morgan fingerprint density at radius 2 is 1.44 bits per heavy atom. The topological polar surface area (TPSA) is 26.0 Å². The number of hydrogen-bond donors (Lipinski definition) is 0. The van der Waals surface area contributed by atoms with E-state index in [2.05, 4.69) is 22.6 Å². The third kappa shape index (κ3) is 3.34. The Hall–Kier alpha value is -2.11. The van der Waals surface area contributed by atoms with E-state index < -0.39 is 0 Å². The molecule has 4 aromatic rings. The zero-order chi connectivity index (χ0) is 17.2. The summed E-state index contributed by atoms with van der Waals surface area (Å²) in [4.78, 5) is 4.80. The van der Waals surface area contributed by atoms with Crippen LogP contribution < -0.4 is 0 Å². The van der Waals surface area contributed by atoms with Crippen molar-refractivity contribution in [3.63, 3.8) is 0 Å². The SMILES string of the molecule is Clc1ccc(-c2nc(-c3ccccc3)c(-c3ccccc3)o2)c(I)c1. The first-order valence-electron chi connectivity index (χ1n) is 7.79. The van der Waals surface area contributed by atoms with Crippen LogP contribution in [-0.2, 0) is 0 Å². The summed E-state index contributed by atoms with van der Waals surface area (Å²) in [6, 6.07) is 25.8. The normalized spacial score (nSPS) is 10.8. The third-order valence-electron chi connectivity index (χ3n) is 3.87. The van der Waals surface area contributed by atoms with E-state index in [-0.39, 0.29) is 0 Å². The second-order valence-electron chi connectivity index (χ2n) is 5.55. The standard InChI is InChI=1S/C21H13ClINO/c22-16-11-12-17(18(23)13-16)21-24-19(14-7-3-1-4-8-14)20(25-21)15-9-5-2-6-10-15/h1-13H. The molecule has 0 saturated heterocycles. The zero-order valence-corrected chi connectivity index (χ0v) is 16.0. The van der Waals surface area contributed by atoms with Gasteiger partial charge in [-0.05, 0) is 40.8 Å². The highest BCUT2D eigenvalue weighted by Crippen LogP contribution is 2.37. The molecular formula is C21H13ClINO. The quantitative estimate of drug-likeness (QED) is 0.312. The van der Waals surface area contributed by atoms with Crippen LogP contribution in [0.15, 0.2) is 83.3 Å². The predicted octanol–water partition coefficient (Wildman–Crippen LogP) is 6.93. The van der Waals surface area contributed by atoms with Crippen molar-refractivity contribution >= 4 is 34.2 Å². The van der Waals surface area contributed by atoms with Gasteiger partial charge in [-0.2, -0.15) is 0 Å². The van der Waals surface area contributed by atoms with Crippen molar-refractivity contribution in [1.82, 2.24) is 4.98 Å². The molecule has 1 aromatic heterocycles. The van der Waals surface area contributed by atoms with Gasteiger partial charge in [0, 0.05) is 19.7 Å². The van der Waals surface area contributed by atoms with E-state index in [1.807, 2.05) is 78.9 Å². The Morgan fingerprint density at radius 1 is 0.800 bits per heavy atom. The molecule has 4 heteroatoms. The van der Waals surface area contributed by atoms with Crippen LogP contribution in [0.3, 0.4) is 0 Å². The largest absolute Gasteiger partial charge is 0.435 e. The van der Waals surface area contributed by atoms with Crippen molar-refractivity contribution in [2.24, 2.45) is 0 Å². The van der Waals surface area contributed by atoms with E-state index >= 15 is 0 Å². The minimum Gasteiger partial charge on any atom is -0.435 e. The van der Waals surface area contributed by atoms with Gasteiger partial charge in [0.15, 0.2) is 5.76 Å². The molecule has 0 aliphatic carbocycles. The minimum atomic E-state index is 0.596. The molecule has 122 valence electrons. The lowest BCUT2D eigenvalue weighted by Gasteiger charge is -2.01. The van der Waals surface area contributed by atoms with Gasteiger partial charge in [0.05, 0.1) is 5.56 Å². The maximum absolute atomic E-state index is 6.20. The lowest BCUT2D eigenvalue weighted by Crippen LogP contribution is -1.84. The van der Waals surface area contributed by atoms with Gasteiger partial charge in [0.1, 0.15) is 5.69 Å². The lowest BCUT2D eigenvalue weighted by atomic mass is 10.1. The smallest absolute Gasteiger partial charge is 0.228 e. The van der Waals surface area contributed by atoms with Crippen LogP contribution in [0.4, 0.5) is 0 Å². The molecule has 0 fully saturated rings. The van der Waals surface area contributed by atoms with Crippen LogP contribution in [0, 0.1) is 3.57 Å². The van der Waals surface area contributed by atoms with E-state index in [0.29, 0.717) is 10.9 Å². The number of rotatable bonds is 3. The van der Waals surface area contributed by atoms with Crippen molar-refractivity contribution in [2.75, 3.05) is 0 Å². The molecule has 25 heavy (non-hydrogen) atoms. The summed E-state index contributed by atoms with van der Waals surface area (Å²) in [7, 11) is 0. The number of nitrogens with zero attached hydrogens (tertiary/aromatic N) is 1. The first-order valence-corrected chi connectivity index (χ1v) is 9.25. The van der Waals surface area contributed by atoms with E-state index in [4.69, 9.17) is 21.0 Å². The van der Waals surface area contributed by atoms with Gasteiger partial charge in [-0.1, -0.05) is 72.3 Å². The van der Waals surface area contributed by atoms with E-state index in [1.54, 1.807) is 0 Å². The average molecular weight is 458 g/mol. The van der Waals surface area contributed by atoms with E-state index in [9.17, 15) is 0 Å². The van der Waals surface area contributed by atoms with E-state index in [0.717, 1.165) is 31.7 Å². The van der Waals surface area contributed by atoms with Gasteiger partial charge in [-0.3, -0.25) is 0 Å². The molecule has 1 heterocycles. The molecule has 0 aliphatic rings. The summed E-state index contributed by atoms with van der Waals surface area (Å²) < 4.78 is 7.21. The van der Waals surface area contributed by atoms with Gasteiger partial charge in [0.25, 0.3) is 0 Å². The van der Waals surface area contributed by atoms with Crippen LogP contribution >= 0.6 is 34.2 Å². The number of benzene rings is 3. The third-order valence-corrected chi connectivity index (χ3v) is 5.00. The molecule has 4 rings (SSSR count). The molecule has 0 atom stereocenters. The predicted molar refractivity (Wildman–Crippen MR) is 111 cm³/mol. The molecule has 0 spiro atoms. The molecule has 0 amide bonds. The van der Waals surface area contributed by atoms with Crippen molar-refractivity contribution in [2.45, 2.75) is 0 Å². The van der Waals surface area contributed by atoms with Crippen molar-refractivity contribution in [3.05, 3.63) is 87.5 Å². The number of aromatic nitrogens is 1. The van der Waals surface area contributed by atoms with Crippen LogP contribution in [-0.4, -0.2) is 4.98 Å². The summed E-state index contributed by atoms with van der Waals surface area (Å²) >= 11 is 8.33. The number of oxazole rings is 1. The van der Waals surface area contributed by atoms with Crippen molar-refractivity contribution in [3.8, 4) is 34.0 Å². The van der Waals surface area contributed by atoms with Crippen molar-refractivity contribution < 1.29 is 4.42 Å².